The molecular formula is C23H26BrF2N5O. The van der Waals surface area contributed by atoms with E-state index in [9.17, 15) is 13.9 Å². The molecule has 170 valence electrons. The molecule has 2 atom stereocenters. The second kappa shape index (κ2) is 9.64. The number of nitrogens with zero attached hydrogens (tertiary/aromatic N) is 4. The summed E-state index contributed by atoms with van der Waals surface area (Å²) >= 11 is 3.52. The van der Waals surface area contributed by atoms with Crippen LogP contribution in [0.25, 0.3) is 0 Å². The van der Waals surface area contributed by atoms with E-state index in [1.54, 1.807) is 0 Å². The molecule has 0 aliphatic carbocycles. The summed E-state index contributed by atoms with van der Waals surface area (Å²) in [5.41, 5.74) is -0.449. The van der Waals surface area contributed by atoms with E-state index in [1.165, 1.54) is 29.1 Å². The fraction of sp³-hybridized carbons (Fsp3) is 0.391. The first-order valence-electron chi connectivity index (χ1n) is 10.6. The van der Waals surface area contributed by atoms with Crippen LogP contribution in [0, 0.1) is 11.6 Å². The van der Waals surface area contributed by atoms with E-state index in [0.29, 0.717) is 0 Å². The molecule has 1 aliphatic heterocycles. The molecule has 0 radical (unpaired) electrons. The number of benzene rings is 2. The number of anilines is 1. The maximum absolute atomic E-state index is 14.7. The standard InChI is InChI=1S/C23H26BrF2N5O/c1-16(29-19-7-9-30(10-8-19)20-4-2-3-17(24)11-20)23(32,13-31-15-27-14-28-31)21-6-5-18(25)12-22(21)26/h2-6,11-12,14-16,19,29,32H,7-10,13H2,1H3/t16-,23-/m1/s1. The lowest BCUT2D eigenvalue weighted by Gasteiger charge is -2.40. The number of aliphatic hydroxyl groups is 1. The number of hydrogen-bond acceptors (Lipinski definition) is 5. The number of nitrogens with one attached hydrogen (secondary N) is 1. The fourth-order valence-corrected chi connectivity index (χ4v) is 4.71. The zero-order valence-corrected chi connectivity index (χ0v) is 19.3. The third kappa shape index (κ3) is 5.00. The molecule has 9 heteroatoms. The van der Waals surface area contributed by atoms with Gasteiger partial charge in [-0.2, -0.15) is 5.10 Å². The van der Waals surface area contributed by atoms with Gasteiger partial charge in [0.25, 0.3) is 0 Å². The van der Waals surface area contributed by atoms with E-state index in [0.717, 1.165) is 42.5 Å². The predicted octanol–water partition coefficient (Wildman–Crippen LogP) is 3.85. The van der Waals surface area contributed by atoms with E-state index >= 15 is 0 Å². The van der Waals surface area contributed by atoms with Gasteiger partial charge in [-0.1, -0.05) is 28.1 Å². The number of piperidine rings is 1. The Morgan fingerprint density at radius 1 is 1.22 bits per heavy atom. The first-order chi connectivity index (χ1) is 15.3. The number of aromatic nitrogens is 3. The minimum absolute atomic E-state index is 0.0133. The van der Waals surface area contributed by atoms with Crippen molar-refractivity contribution < 1.29 is 13.9 Å². The highest BCUT2D eigenvalue weighted by Gasteiger charge is 2.40. The fourth-order valence-electron chi connectivity index (χ4n) is 4.33. The van der Waals surface area contributed by atoms with Crippen molar-refractivity contribution in [3.63, 3.8) is 0 Å². The van der Waals surface area contributed by atoms with Crippen LogP contribution in [-0.2, 0) is 12.1 Å². The molecule has 1 saturated heterocycles. The topological polar surface area (TPSA) is 66.2 Å². The highest BCUT2D eigenvalue weighted by molar-refractivity contribution is 9.10. The van der Waals surface area contributed by atoms with Gasteiger partial charge in [-0.3, -0.25) is 0 Å². The van der Waals surface area contributed by atoms with Crippen LogP contribution in [0.3, 0.4) is 0 Å². The maximum Gasteiger partial charge on any atom is 0.137 e. The van der Waals surface area contributed by atoms with Crippen molar-refractivity contribution in [2.75, 3.05) is 18.0 Å². The van der Waals surface area contributed by atoms with Crippen molar-refractivity contribution >= 4 is 21.6 Å². The van der Waals surface area contributed by atoms with Crippen LogP contribution >= 0.6 is 15.9 Å². The second-order valence-corrected chi connectivity index (χ2v) is 9.19. The quantitative estimate of drug-likeness (QED) is 0.510. The molecule has 1 aliphatic rings. The highest BCUT2D eigenvalue weighted by atomic mass is 79.9. The Morgan fingerprint density at radius 2 is 2.00 bits per heavy atom. The van der Waals surface area contributed by atoms with Crippen LogP contribution in [0.1, 0.15) is 25.3 Å². The Morgan fingerprint density at radius 3 is 2.66 bits per heavy atom. The molecule has 4 rings (SSSR count). The summed E-state index contributed by atoms with van der Waals surface area (Å²) in [7, 11) is 0. The minimum atomic E-state index is -1.65. The van der Waals surface area contributed by atoms with Crippen molar-refractivity contribution in [2.24, 2.45) is 0 Å². The Labute approximate surface area is 194 Å². The molecule has 2 heterocycles. The molecule has 2 aromatic carbocycles. The van der Waals surface area contributed by atoms with Crippen LogP contribution in [-0.4, -0.2) is 45.0 Å². The van der Waals surface area contributed by atoms with E-state index < -0.39 is 23.3 Å². The Bertz CT molecular complexity index is 1040. The summed E-state index contributed by atoms with van der Waals surface area (Å²) in [4.78, 5) is 6.24. The molecular weight excluding hydrogens is 480 g/mol. The highest BCUT2D eigenvalue weighted by Crippen LogP contribution is 2.31. The Hall–Kier alpha value is -2.36. The monoisotopic (exact) mass is 505 g/mol. The van der Waals surface area contributed by atoms with Gasteiger partial charge in [0.05, 0.1) is 6.54 Å². The smallest absolute Gasteiger partial charge is 0.137 e. The first kappa shape index (κ1) is 22.8. The lowest BCUT2D eigenvalue weighted by Crippen LogP contribution is -2.55. The van der Waals surface area contributed by atoms with Crippen LogP contribution in [0.4, 0.5) is 14.5 Å². The third-order valence-corrected chi connectivity index (χ3v) is 6.63. The van der Waals surface area contributed by atoms with Crippen molar-refractivity contribution in [2.45, 2.75) is 44.0 Å². The van der Waals surface area contributed by atoms with Crippen LogP contribution in [0.15, 0.2) is 59.6 Å². The molecule has 1 aromatic heterocycles. The largest absolute Gasteiger partial charge is 0.381 e. The lowest BCUT2D eigenvalue weighted by molar-refractivity contribution is -0.0242. The summed E-state index contributed by atoms with van der Waals surface area (Å²) in [5, 5.41) is 19.2. The molecule has 0 bridgehead atoms. The molecule has 3 aromatic rings. The van der Waals surface area contributed by atoms with Crippen LogP contribution in [0.5, 0.6) is 0 Å². The zero-order chi connectivity index (χ0) is 22.7. The van der Waals surface area contributed by atoms with Gasteiger partial charge < -0.3 is 15.3 Å². The van der Waals surface area contributed by atoms with Gasteiger partial charge in [0.15, 0.2) is 0 Å². The maximum atomic E-state index is 14.7. The second-order valence-electron chi connectivity index (χ2n) is 8.27. The normalized spacial score (nSPS) is 17.8. The van der Waals surface area contributed by atoms with E-state index in [-0.39, 0.29) is 18.2 Å². The number of halogens is 3. The van der Waals surface area contributed by atoms with E-state index in [1.807, 2.05) is 19.1 Å². The zero-order valence-electron chi connectivity index (χ0n) is 17.8. The van der Waals surface area contributed by atoms with Crippen LogP contribution in [0.2, 0.25) is 0 Å². The van der Waals surface area contributed by atoms with Gasteiger partial charge in [0.2, 0.25) is 0 Å². The summed E-state index contributed by atoms with van der Waals surface area (Å²) in [5.74, 6) is -1.47. The molecule has 32 heavy (non-hydrogen) atoms. The van der Waals surface area contributed by atoms with Gasteiger partial charge in [-0.25, -0.2) is 18.4 Å². The van der Waals surface area contributed by atoms with Gasteiger partial charge in [0, 0.05) is 47.0 Å². The summed E-state index contributed by atoms with van der Waals surface area (Å²) < 4.78 is 30.7. The molecule has 0 saturated carbocycles. The lowest BCUT2D eigenvalue weighted by atomic mass is 9.85. The van der Waals surface area contributed by atoms with E-state index in [2.05, 4.69) is 48.4 Å². The SMILES string of the molecule is C[C@@H](NC1CCN(c2cccc(Br)c2)CC1)[C@](O)(Cn1cncn1)c1ccc(F)cc1F. The molecule has 0 spiro atoms. The average Bonchev–Trinajstić information content (AvgIpc) is 3.27. The predicted molar refractivity (Wildman–Crippen MR) is 122 cm³/mol. The Kier molecular flexibility index (Phi) is 6.88. The molecule has 0 unspecified atom stereocenters. The van der Waals surface area contributed by atoms with Gasteiger partial charge in [-0.05, 0) is 44.0 Å². The van der Waals surface area contributed by atoms with Crippen molar-refractivity contribution in [3.8, 4) is 0 Å². The summed E-state index contributed by atoms with van der Waals surface area (Å²) in [6, 6.07) is 11.1. The van der Waals surface area contributed by atoms with Crippen molar-refractivity contribution in [3.05, 3.63) is 76.8 Å². The first-order valence-corrected chi connectivity index (χ1v) is 11.4. The molecule has 0 amide bonds. The van der Waals surface area contributed by atoms with Gasteiger partial charge in [-0.15, -0.1) is 0 Å². The van der Waals surface area contributed by atoms with Crippen molar-refractivity contribution in [1.82, 2.24) is 20.1 Å². The average molecular weight is 506 g/mol. The minimum Gasteiger partial charge on any atom is -0.381 e. The molecule has 6 nitrogen and oxygen atoms in total. The van der Waals surface area contributed by atoms with Gasteiger partial charge >= 0.3 is 0 Å². The number of rotatable bonds is 7. The van der Waals surface area contributed by atoms with E-state index in [4.69, 9.17) is 0 Å². The molecule has 1 fully saturated rings. The van der Waals surface area contributed by atoms with Gasteiger partial charge in [0.1, 0.15) is 29.9 Å². The molecule has 2 N–H and O–H groups in total. The summed E-state index contributed by atoms with van der Waals surface area (Å²) in [6.45, 7) is 3.54. The van der Waals surface area contributed by atoms with Crippen molar-refractivity contribution in [1.29, 1.82) is 0 Å². The number of hydrogen-bond donors (Lipinski definition) is 2. The summed E-state index contributed by atoms with van der Waals surface area (Å²) in [6.07, 6.45) is 4.58. The van der Waals surface area contributed by atoms with Crippen LogP contribution < -0.4 is 10.2 Å². The Balaban J connectivity index is 1.49. The third-order valence-electron chi connectivity index (χ3n) is 6.14.